The summed E-state index contributed by atoms with van der Waals surface area (Å²) in [5.74, 6) is -0.265. The van der Waals surface area contributed by atoms with Crippen molar-refractivity contribution in [3.63, 3.8) is 0 Å². The molecule has 1 fully saturated rings. The summed E-state index contributed by atoms with van der Waals surface area (Å²) in [6.07, 6.45) is 1.54. The lowest BCUT2D eigenvalue weighted by Crippen LogP contribution is -2.35. The number of halogens is 2. The summed E-state index contributed by atoms with van der Waals surface area (Å²) < 4.78 is 5.76. The van der Waals surface area contributed by atoms with E-state index in [9.17, 15) is 9.59 Å². The van der Waals surface area contributed by atoms with Crippen LogP contribution >= 0.6 is 23.2 Å². The van der Waals surface area contributed by atoms with Crippen molar-refractivity contribution in [1.82, 2.24) is 5.43 Å². The summed E-state index contributed by atoms with van der Waals surface area (Å²) in [6, 6.07) is 21.7. The van der Waals surface area contributed by atoms with Crippen LogP contribution in [-0.4, -0.2) is 11.8 Å². The second-order valence-electron chi connectivity index (χ2n) is 6.58. The van der Waals surface area contributed by atoms with E-state index >= 15 is 0 Å². The number of amides is 2. The Labute approximate surface area is 183 Å². The lowest BCUT2D eigenvalue weighted by atomic mass is 10.1. The summed E-state index contributed by atoms with van der Waals surface area (Å²) in [5, 5.41) is 1.80. The minimum Gasteiger partial charge on any atom is -0.489 e. The number of nitrogens with zero attached hydrogens (tertiary/aromatic N) is 1. The van der Waals surface area contributed by atoms with Crippen molar-refractivity contribution in [2.45, 2.75) is 6.61 Å². The van der Waals surface area contributed by atoms with Gasteiger partial charge in [0.1, 0.15) is 17.9 Å². The van der Waals surface area contributed by atoms with Gasteiger partial charge in [0, 0.05) is 0 Å². The van der Waals surface area contributed by atoms with E-state index in [0.717, 1.165) is 10.6 Å². The van der Waals surface area contributed by atoms with Crippen molar-refractivity contribution in [2.75, 3.05) is 5.01 Å². The number of rotatable bonds is 5. The molecule has 0 atom stereocenters. The molecule has 2 amide bonds. The van der Waals surface area contributed by atoms with Crippen LogP contribution in [0.2, 0.25) is 10.0 Å². The van der Waals surface area contributed by atoms with Crippen molar-refractivity contribution < 1.29 is 14.3 Å². The van der Waals surface area contributed by atoms with Crippen LogP contribution in [0.4, 0.5) is 5.69 Å². The van der Waals surface area contributed by atoms with E-state index in [4.69, 9.17) is 27.9 Å². The molecule has 0 aromatic heterocycles. The Morgan fingerprint density at radius 2 is 1.63 bits per heavy atom. The summed E-state index contributed by atoms with van der Waals surface area (Å²) in [4.78, 5) is 25.0. The van der Waals surface area contributed by atoms with Gasteiger partial charge in [0.25, 0.3) is 11.8 Å². The molecule has 0 radical (unpaired) electrons. The number of carbonyl (C=O) groups is 2. The van der Waals surface area contributed by atoms with Crippen molar-refractivity contribution in [2.24, 2.45) is 0 Å². The molecule has 4 rings (SSSR count). The smallest absolute Gasteiger partial charge is 0.282 e. The van der Waals surface area contributed by atoms with Gasteiger partial charge >= 0.3 is 0 Å². The third-order valence-electron chi connectivity index (χ3n) is 4.49. The largest absolute Gasteiger partial charge is 0.489 e. The first kappa shape index (κ1) is 20.0. The lowest BCUT2D eigenvalue weighted by Gasteiger charge is -2.15. The Morgan fingerprint density at radius 1 is 0.900 bits per heavy atom. The number of ether oxygens (including phenoxy) is 1. The summed E-state index contributed by atoms with van der Waals surface area (Å²) >= 11 is 11.9. The normalized spacial score (nSPS) is 14.9. The van der Waals surface area contributed by atoms with E-state index in [1.54, 1.807) is 36.4 Å². The fraction of sp³-hybridized carbons (Fsp3) is 0.0435. The number of benzene rings is 3. The summed E-state index contributed by atoms with van der Waals surface area (Å²) in [6.45, 7) is 0.459. The van der Waals surface area contributed by atoms with Crippen molar-refractivity contribution in [3.8, 4) is 5.75 Å². The van der Waals surface area contributed by atoms with Crippen LogP contribution in [0.3, 0.4) is 0 Å². The number of carbonyl (C=O) groups excluding carboxylic acids is 2. The van der Waals surface area contributed by atoms with Crippen LogP contribution in [0.1, 0.15) is 11.1 Å². The molecule has 7 heteroatoms. The molecule has 0 saturated carbocycles. The molecule has 3 aromatic carbocycles. The number of nitrogens with one attached hydrogen (secondary N) is 1. The molecule has 1 heterocycles. The fourth-order valence-electron chi connectivity index (χ4n) is 2.93. The maximum atomic E-state index is 12.7. The van der Waals surface area contributed by atoms with Crippen LogP contribution in [0, 0.1) is 0 Å². The summed E-state index contributed by atoms with van der Waals surface area (Å²) in [7, 11) is 0. The third kappa shape index (κ3) is 4.32. The molecule has 0 unspecified atom stereocenters. The zero-order valence-corrected chi connectivity index (χ0v) is 17.2. The molecule has 1 saturated heterocycles. The zero-order chi connectivity index (χ0) is 21.1. The van der Waals surface area contributed by atoms with Crippen LogP contribution in [-0.2, 0) is 16.2 Å². The average Bonchev–Trinajstić information content (AvgIpc) is 3.04. The van der Waals surface area contributed by atoms with Gasteiger partial charge in [-0.3, -0.25) is 15.0 Å². The molecule has 30 heavy (non-hydrogen) atoms. The zero-order valence-electron chi connectivity index (χ0n) is 15.6. The fourth-order valence-corrected chi connectivity index (χ4v) is 3.22. The highest BCUT2D eigenvalue weighted by atomic mass is 35.5. The first-order chi connectivity index (χ1) is 14.5. The molecule has 1 N–H and O–H groups in total. The molecule has 3 aromatic rings. The second kappa shape index (κ2) is 8.61. The van der Waals surface area contributed by atoms with Gasteiger partial charge in [-0.05, 0) is 47.5 Å². The number of hydrazine groups is 1. The topological polar surface area (TPSA) is 58.6 Å². The highest BCUT2D eigenvalue weighted by Gasteiger charge is 2.34. The second-order valence-corrected chi connectivity index (χ2v) is 7.40. The van der Waals surface area contributed by atoms with Gasteiger partial charge in [0.15, 0.2) is 0 Å². The highest BCUT2D eigenvalue weighted by molar-refractivity contribution is 6.42. The predicted molar refractivity (Wildman–Crippen MR) is 117 cm³/mol. The number of hydrogen-bond acceptors (Lipinski definition) is 3. The molecule has 0 aliphatic carbocycles. The van der Waals surface area contributed by atoms with Crippen LogP contribution in [0.15, 0.2) is 78.4 Å². The van der Waals surface area contributed by atoms with Gasteiger partial charge in [-0.15, -0.1) is 0 Å². The monoisotopic (exact) mass is 438 g/mol. The van der Waals surface area contributed by atoms with E-state index in [1.165, 1.54) is 12.1 Å². The van der Waals surface area contributed by atoms with Gasteiger partial charge in [0.2, 0.25) is 0 Å². The van der Waals surface area contributed by atoms with Gasteiger partial charge in [-0.25, -0.2) is 5.01 Å². The third-order valence-corrected chi connectivity index (χ3v) is 5.23. The Kier molecular flexibility index (Phi) is 5.74. The quantitative estimate of drug-likeness (QED) is 0.448. The summed E-state index contributed by atoms with van der Waals surface area (Å²) in [5.41, 5.74) is 4.76. The van der Waals surface area contributed by atoms with Crippen LogP contribution in [0.5, 0.6) is 5.75 Å². The number of anilines is 1. The molecule has 0 bridgehead atoms. The molecule has 5 nitrogen and oxygen atoms in total. The van der Waals surface area contributed by atoms with Crippen molar-refractivity contribution in [1.29, 1.82) is 0 Å². The first-order valence-corrected chi connectivity index (χ1v) is 9.86. The van der Waals surface area contributed by atoms with Crippen molar-refractivity contribution >= 4 is 46.8 Å². The Bertz CT molecular complexity index is 1130. The molecule has 1 aliphatic heterocycles. The molecule has 150 valence electrons. The van der Waals surface area contributed by atoms with Gasteiger partial charge in [-0.1, -0.05) is 65.7 Å². The minimum absolute atomic E-state index is 0.0269. The van der Waals surface area contributed by atoms with Gasteiger partial charge in [0.05, 0.1) is 15.7 Å². The number of hydrogen-bond donors (Lipinski definition) is 1. The Hall–Kier alpha value is -3.28. The van der Waals surface area contributed by atoms with Crippen LogP contribution < -0.4 is 15.2 Å². The van der Waals surface area contributed by atoms with E-state index in [0.29, 0.717) is 33.7 Å². The van der Waals surface area contributed by atoms with E-state index < -0.39 is 11.8 Å². The highest BCUT2D eigenvalue weighted by Crippen LogP contribution is 2.29. The van der Waals surface area contributed by atoms with Crippen molar-refractivity contribution in [3.05, 3.63) is 99.5 Å². The van der Waals surface area contributed by atoms with E-state index in [2.05, 4.69) is 5.43 Å². The molecular weight excluding hydrogens is 423 g/mol. The van der Waals surface area contributed by atoms with E-state index in [-0.39, 0.29) is 5.57 Å². The lowest BCUT2D eigenvalue weighted by molar-refractivity contribution is -0.117. The van der Waals surface area contributed by atoms with Gasteiger partial charge in [-0.2, -0.15) is 0 Å². The average molecular weight is 439 g/mol. The van der Waals surface area contributed by atoms with Gasteiger partial charge < -0.3 is 4.74 Å². The SMILES string of the molecule is O=C1NN(c2ccc(Cl)c(Cl)c2)C(=O)C1=Cc1ccc(OCc2ccccc2)cc1. The Balaban J connectivity index is 1.47. The Morgan fingerprint density at radius 3 is 2.33 bits per heavy atom. The predicted octanol–water partition coefficient (Wildman–Crippen LogP) is 5.03. The minimum atomic E-state index is -0.490. The molecular formula is C23H16Cl2N2O3. The maximum absolute atomic E-state index is 12.7. The van der Waals surface area contributed by atoms with Crippen LogP contribution in [0.25, 0.3) is 6.08 Å². The van der Waals surface area contributed by atoms with E-state index in [1.807, 2.05) is 30.3 Å². The molecule has 1 aliphatic rings. The standard InChI is InChI=1S/C23H16Cl2N2O3/c24-20-11-8-17(13-21(20)25)27-23(29)19(22(28)26-27)12-15-6-9-18(10-7-15)30-14-16-4-2-1-3-5-16/h1-13H,14H2,(H,26,28). The molecule has 0 spiro atoms. The maximum Gasteiger partial charge on any atom is 0.282 e. The first-order valence-electron chi connectivity index (χ1n) is 9.10.